The third-order valence-corrected chi connectivity index (χ3v) is 3.54. The Kier molecular flexibility index (Phi) is 5.79. The van der Waals surface area contributed by atoms with Crippen LogP contribution in [0, 0.1) is 0 Å². The molecule has 0 aromatic heterocycles. The number of hydrogen-bond acceptors (Lipinski definition) is 9. The van der Waals surface area contributed by atoms with Crippen molar-refractivity contribution >= 4 is 17.7 Å². The van der Waals surface area contributed by atoms with E-state index in [1.807, 2.05) is 0 Å². The minimum atomic E-state index is -1.35. The summed E-state index contributed by atoms with van der Waals surface area (Å²) in [6.07, 6.45) is 0. The number of amides is 1. The number of carbonyl (C=O) groups excluding carboxylic acids is 2. The number of benzene rings is 2. The van der Waals surface area contributed by atoms with Gasteiger partial charge in [-0.05, 0) is 31.2 Å². The van der Waals surface area contributed by atoms with Crippen molar-refractivity contribution in [2.24, 2.45) is 10.9 Å². The van der Waals surface area contributed by atoms with Crippen LogP contribution in [0.5, 0.6) is 28.7 Å². The van der Waals surface area contributed by atoms with Gasteiger partial charge in [-0.3, -0.25) is 4.79 Å². The van der Waals surface area contributed by atoms with E-state index < -0.39 is 51.8 Å². The van der Waals surface area contributed by atoms with Crippen LogP contribution in [-0.2, 0) is 4.84 Å². The molecule has 0 saturated carbocycles. The molecule has 0 spiro atoms. The van der Waals surface area contributed by atoms with E-state index in [-0.39, 0.29) is 17.9 Å². The van der Waals surface area contributed by atoms with Gasteiger partial charge in [0.05, 0.1) is 5.56 Å². The van der Waals surface area contributed by atoms with Gasteiger partial charge in [-0.2, -0.15) is 0 Å². The summed E-state index contributed by atoms with van der Waals surface area (Å²) >= 11 is 0. The topological polar surface area (TPSA) is 195 Å². The predicted octanol–water partition coefficient (Wildman–Crippen LogP) is 0.442. The van der Waals surface area contributed by atoms with Gasteiger partial charge >= 0.3 is 5.97 Å². The second-order valence-electron chi connectivity index (χ2n) is 5.43. The molecule has 2 aromatic carbocycles. The van der Waals surface area contributed by atoms with Crippen LogP contribution in [0.1, 0.15) is 33.2 Å². The number of phenols is 5. The lowest BCUT2D eigenvalue weighted by atomic mass is 10.0. The first-order valence-electron chi connectivity index (χ1n) is 7.80. The first-order chi connectivity index (χ1) is 13.2. The number of hydrogen-bond donors (Lipinski definition) is 7. The van der Waals surface area contributed by atoms with Crippen molar-refractivity contribution in [3.05, 3.63) is 41.0 Å². The van der Waals surface area contributed by atoms with Crippen molar-refractivity contribution in [3.63, 3.8) is 0 Å². The van der Waals surface area contributed by atoms with Crippen molar-refractivity contribution in [1.29, 1.82) is 0 Å². The Hall–Kier alpha value is -4.15. The highest BCUT2D eigenvalue weighted by atomic mass is 16.7. The maximum absolute atomic E-state index is 12.3. The second-order valence-corrected chi connectivity index (χ2v) is 5.43. The summed E-state index contributed by atoms with van der Waals surface area (Å²) in [4.78, 5) is 29.0. The molecule has 11 heteroatoms. The zero-order valence-electron chi connectivity index (χ0n) is 14.5. The van der Waals surface area contributed by atoms with E-state index in [1.54, 1.807) is 6.92 Å². The van der Waals surface area contributed by atoms with Gasteiger partial charge in [0, 0.05) is 12.1 Å². The highest BCUT2D eigenvalue weighted by Gasteiger charge is 2.27. The Balaban J connectivity index is 2.38. The van der Waals surface area contributed by atoms with Crippen molar-refractivity contribution in [2.75, 3.05) is 6.54 Å². The summed E-state index contributed by atoms with van der Waals surface area (Å²) in [6, 6.07) is 4.26. The van der Waals surface area contributed by atoms with E-state index in [0.717, 1.165) is 18.2 Å². The average molecular weight is 391 g/mol. The highest BCUT2D eigenvalue weighted by Crippen LogP contribution is 2.40. The van der Waals surface area contributed by atoms with E-state index in [4.69, 9.17) is 5.73 Å². The molecular formula is C17H17N3O8. The lowest BCUT2D eigenvalue weighted by Crippen LogP contribution is -2.25. The molecule has 0 bridgehead atoms. The van der Waals surface area contributed by atoms with E-state index in [0.29, 0.717) is 0 Å². The summed E-state index contributed by atoms with van der Waals surface area (Å²) in [5.41, 5.74) is 4.52. The van der Waals surface area contributed by atoms with Crippen molar-refractivity contribution < 1.29 is 40.0 Å². The minimum Gasteiger partial charge on any atom is -0.504 e. The second kappa shape index (κ2) is 8.03. The van der Waals surface area contributed by atoms with Crippen molar-refractivity contribution in [2.45, 2.75) is 6.92 Å². The summed E-state index contributed by atoms with van der Waals surface area (Å²) in [5, 5.41) is 53.6. The van der Waals surface area contributed by atoms with Crippen LogP contribution in [0.25, 0.3) is 0 Å². The zero-order valence-corrected chi connectivity index (χ0v) is 14.5. The molecule has 0 fully saturated rings. The lowest BCUT2D eigenvalue weighted by molar-refractivity contribution is 0.0508. The largest absolute Gasteiger partial charge is 0.504 e. The number of rotatable bonds is 5. The summed E-state index contributed by atoms with van der Waals surface area (Å²) in [7, 11) is 0. The fraction of sp³-hybridized carbons (Fsp3) is 0.118. The van der Waals surface area contributed by atoms with Crippen molar-refractivity contribution in [1.82, 2.24) is 5.32 Å². The molecule has 0 radical (unpaired) electrons. The van der Waals surface area contributed by atoms with E-state index >= 15 is 0 Å². The molecule has 0 aliphatic carbocycles. The molecule has 0 saturated heterocycles. The molecule has 1 amide bonds. The fourth-order valence-electron chi connectivity index (χ4n) is 2.16. The van der Waals surface area contributed by atoms with Crippen LogP contribution >= 0.6 is 0 Å². The molecule has 0 aliphatic heterocycles. The fourth-order valence-corrected chi connectivity index (χ4v) is 2.16. The van der Waals surface area contributed by atoms with Gasteiger partial charge in [0.25, 0.3) is 5.91 Å². The number of oxime groups is 1. The number of nitrogens with one attached hydrogen (secondary N) is 1. The SMILES string of the molecule is CCNC(=O)c1cc(O)c(O)c(O)c1C(=O)ON=C(N)c1ccc(O)c(O)c1. The van der Waals surface area contributed by atoms with Crippen LogP contribution in [0.15, 0.2) is 29.4 Å². The summed E-state index contributed by atoms with van der Waals surface area (Å²) in [5.74, 6) is -6.35. The monoisotopic (exact) mass is 391 g/mol. The molecule has 0 heterocycles. The first kappa shape index (κ1) is 20.2. The Morgan fingerprint density at radius 1 is 1.04 bits per heavy atom. The van der Waals surface area contributed by atoms with E-state index in [9.17, 15) is 35.1 Å². The average Bonchev–Trinajstić information content (AvgIpc) is 2.65. The molecule has 11 nitrogen and oxygen atoms in total. The molecule has 0 atom stereocenters. The van der Waals surface area contributed by atoms with Gasteiger partial charge in [0.2, 0.25) is 5.75 Å². The Morgan fingerprint density at radius 2 is 1.71 bits per heavy atom. The molecule has 148 valence electrons. The van der Waals surface area contributed by atoms with E-state index in [1.165, 1.54) is 6.07 Å². The number of amidine groups is 1. The van der Waals surface area contributed by atoms with Gasteiger partial charge in [0.15, 0.2) is 28.8 Å². The number of nitrogens with zero attached hydrogens (tertiary/aromatic N) is 1. The maximum atomic E-state index is 12.3. The Labute approximate surface area is 157 Å². The van der Waals surface area contributed by atoms with Gasteiger partial charge in [-0.15, -0.1) is 0 Å². The van der Waals surface area contributed by atoms with Gasteiger partial charge in [-0.1, -0.05) is 5.16 Å². The highest BCUT2D eigenvalue weighted by molar-refractivity contribution is 6.08. The minimum absolute atomic E-state index is 0.102. The quantitative estimate of drug-likeness (QED) is 0.124. The Morgan fingerprint density at radius 3 is 2.32 bits per heavy atom. The van der Waals surface area contributed by atoms with Crippen LogP contribution in [0.4, 0.5) is 0 Å². The molecule has 0 unspecified atom stereocenters. The lowest BCUT2D eigenvalue weighted by Gasteiger charge is -2.11. The molecule has 8 N–H and O–H groups in total. The summed E-state index contributed by atoms with van der Waals surface area (Å²) in [6.45, 7) is 1.79. The molecule has 2 aromatic rings. The third kappa shape index (κ3) is 3.98. The van der Waals surface area contributed by atoms with Crippen LogP contribution < -0.4 is 11.1 Å². The molecular weight excluding hydrogens is 374 g/mol. The normalized spacial score (nSPS) is 11.1. The molecule has 2 rings (SSSR count). The first-order valence-corrected chi connectivity index (χ1v) is 7.80. The number of aromatic hydroxyl groups is 5. The standard InChI is InChI=1S/C17H17N3O8/c1-2-19-16(26)8-6-11(23)13(24)14(25)12(8)17(27)28-20-15(18)7-3-4-9(21)10(22)5-7/h3-6,21-25H,2H2,1H3,(H2,18,20)(H,19,26). The molecule has 28 heavy (non-hydrogen) atoms. The van der Waals surface area contributed by atoms with Gasteiger partial charge < -0.3 is 41.4 Å². The van der Waals surface area contributed by atoms with Gasteiger partial charge in [-0.25, -0.2) is 4.79 Å². The third-order valence-electron chi connectivity index (χ3n) is 3.54. The zero-order chi connectivity index (χ0) is 21.0. The van der Waals surface area contributed by atoms with Crippen LogP contribution in [0.2, 0.25) is 0 Å². The van der Waals surface area contributed by atoms with Crippen LogP contribution in [-0.4, -0.2) is 49.8 Å². The van der Waals surface area contributed by atoms with E-state index in [2.05, 4.69) is 15.3 Å². The van der Waals surface area contributed by atoms with Gasteiger partial charge in [0.1, 0.15) is 5.56 Å². The molecule has 0 aliphatic rings. The maximum Gasteiger partial charge on any atom is 0.370 e. The number of phenolic OH excluding ortho intramolecular Hbond substituents is 5. The predicted molar refractivity (Wildman–Crippen MR) is 95.4 cm³/mol. The summed E-state index contributed by atoms with van der Waals surface area (Å²) < 4.78 is 0. The number of carbonyl (C=O) groups is 2. The Bertz CT molecular complexity index is 971. The van der Waals surface area contributed by atoms with Crippen molar-refractivity contribution in [3.8, 4) is 28.7 Å². The van der Waals surface area contributed by atoms with Crippen LogP contribution in [0.3, 0.4) is 0 Å². The number of nitrogens with two attached hydrogens (primary N) is 1. The smallest absolute Gasteiger partial charge is 0.370 e.